The van der Waals surface area contributed by atoms with Crippen LogP contribution in [0.15, 0.2) is 66.7 Å². The fraction of sp³-hybridized carbons (Fsp3) is 0.346. The highest BCUT2D eigenvalue weighted by atomic mass is 16.6. The molecule has 32 heavy (non-hydrogen) atoms. The van der Waals surface area contributed by atoms with Gasteiger partial charge in [-0.3, -0.25) is 4.79 Å². The van der Waals surface area contributed by atoms with Crippen molar-refractivity contribution in [3.05, 3.63) is 77.9 Å². The van der Waals surface area contributed by atoms with Gasteiger partial charge >= 0.3 is 12.1 Å². The minimum atomic E-state index is -1.00. The molecule has 168 valence electrons. The molecule has 1 aliphatic rings. The minimum Gasteiger partial charge on any atom is -0.459 e. The second kappa shape index (κ2) is 10.3. The van der Waals surface area contributed by atoms with Gasteiger partial charge in [-0.15, -0.1) is 0 Å². The van der Waals surface area contributed by atoms with Gasteiger partial charge in [0, 0.05) is 5.92 Å². The summed E-state index contributed by atoms with van der Waals surface area (Å²) >= 11 is 0. The van der Waals surface area contributed by atoms with Crippen molar-refractivity contribution in [1.82, 2.24) is 4.90 Å². The number of ether oxygens (including phenoxy) is 2. The lowest BCUT2D eigenvalue weighted by molar-refractivity contribution is -0.152. The Labute approximate surface area is 188 Å². The zero-order valence-electron chi connectivity index (χ0n) is 18.7. The number of likely N-dealkylation sites (tertiary alicyclic amines) is 1. The summed E-state index contributed by atoms with van der Waals surface area (Å²) in [6.07, 6.45) is 3.61. The lowest BCUT2D eigenvalue weighted by atomic mass is 10.0. The predicted octanol–water partition coefficient (Wildman–Crippen LogP) is 4.99. The predicted molar refractivity (Wildman–Crippen MR) is 121 cm³/mol. The molecule has 0 radical (unpaired) electrons. The molecular formula is C26H29NO5. The molecule has 2 atom stereocenters. The number of allylic oxidation sites excluding steroid dienone is 1. The number of hydrogen-bond acceptors (Lipinski definition) is 5. The third-order valence-electron chi connectivity index (χ3n) is 5.02. The summed E-state index contributed by atoms with van der Waals surface area (Å²) in [6, 6.07) is 18.0. The number of rotatable bonds is 6. The number of carbonyl (C=O) groups excluding carboxylic acids is 3. The van der Waals surface area contributed by atoms with Gasteiger partial charge in [-0.25, -0.2) is 14.5 Å². The summed E-state index contributed by atoms with van der Waals surface area (Å²) < 4.78 is 10.8. The van der Waals surface area contributed by atoms with Crippen LogP contribution in [0.5, 0.6) is 0 Å². The first-order valence-electron chi connectivity index (χ1n) is 10.7. The second-order valence-corrected chi connectivity index (χ2v) is 8.78. The Kier molecular flexibility index (Phi) is 7.46. The van der Waals surface area contributed by atoms with Gasteiger partial charge in [0.15, 0.2) is 0 Å². The summed E-state index contributed by atoms with van der Waals surface area (Å²) in [4.78, 5) is 39.6. The molecule has 2 aromatic carbocycles. The van der Waals surface area contributed by atoms with Crippen LogP contribution < -0.4 is 0 Å². The molecule has 1 heterocycles. The van der Waals surface area contributed by atoms with E-state index in [0.29, 0.717) is 6.42 Å². The first kappa shape index (κ1) is 23.3. The van der Waals surface area contributed by atoms with Crippen LogP contribution in [-0.2, 0) is 25.7 Å². The molecular weight excluding hydrogens is 406 g/mol. The lowest BCUT2D eigenvalue weighted by Crippen LogP contribution is -2.46. The number of amides is 2. The van der Waals surface area contributed by atoms with E-state index in [1.807, 2.05) is 72.8 Å². The lowest BCUT2D eigenvalue weighted by Gasteiger charge is -2.26. The number of benzene rings is 2. The first-order valence-corrected chi connectivity index (χ1v) is 10.7. The number of esters is 1. The molecule has 6 heteroatoms. The van der Waals surface area contributed by atoms with E-state index in [4.69, 9.17) is 9.47 Å². The summed E-state index contributed by atoms with van der Waals surface area (Å²) in [5.74, 6) is -1.53. The molecule has 0 aliphatic carbocycles. The van der Waals surface area contributed by atoms with Gasteiger partial charge in [0.25, 0.3) is 0 Å². The molecule has 3 rings (SSSR count). The zero-order valence-corrected chi connectivity index (χ0v) is 18.7. The van der Waals surface area contributed by atoms with E-state index in [9.17, 15) is 14.4 Å². The maximum atomic E-state index is 13.0. The monoisotopic (exact) mass is 435 g/mol. The summed E-state index contributed by atoms with van der Waals surface area (Å²) in [5, 5.41) is 0. The normalized spacial score (nSPS) is 18.7. The Morgan fingerprint density at radius 2 is 1.66 bits per heavy atom. The van der Waals surface area contributed by atoms with Crippen LogP contribution in [0, 0.1) is 5.92 Å². The fourth-order valence-electron chi connectivity index (χ4n) is 3.51. The molecule has 0 unspecified atom stereocenters. The summed E-state index contributed by atoms with van der Waals surface area (Å²) in [5.41, 5.74) is 1.05. The summed E-state index contributed by atoms with van der Waals surface area (Å²) in [7, 11) is 0. The van der Waals surface area contributed by atoms with Crippen LogP contribution >= 0.6 is 0 Å². The number of nitrogens with zero attached hydrogens (tertiary/aromatic N) is 1. The van der Waals surface area contributed by atoms with Crippen molar-refractivity contribution in [2.45, 2.75) is 51.9 Å². The fourth-order valence-corrected chi connectivity index (χ4v) is 3.51. The van der Waals surface area contributed by atoms with Crippen LogP contribution in [-0.4, -0.2) is 34.5 Å². The molecule has 6 nitrogen and oxygen atoms in total. The Morgan fingerprint density at radius 3 is 2.28 bits per heavy atom. The van der Waals surface area contributed by atoms with Crippen molar-refractivity contribution in [1.29, 1.82) is 0 Å². The number of hydrogen-bond donors (Lipinski definition) is 0. The Balaban J connectivity index is 1.72. The highest BCUT2D eigenvalue weighted by Crippen LogP contribution is 2.30. The van der Waals surface area contributed by atoms with E-state index in [-0.39, 0.29) is 13.0 Å². The Hall–Kier alpha value is -3.41. The quantitative estimate of drug-likeness (QED) is 0.598. The third kappa shape index (κ3) is 6.30. The molecule has 0 saturated carbocycles. The minimum absolute atomic E-state index is 0.0745. The molecule has 1 aliphatic heterocycles. The smallest absolute Gasteiger partial charge is 0.417 e. The van der Waals surface area contributed by atoms with Gasteiger partial charge in [-0.05, 0) is 44.7 Å². The van der Waals surface area contributed by atoms with Gasteiger partial charge in [-0.1, -0.05) is 72.8 Å². The van der Waals surface area contributed by atoms with Crippen molar-refractivity contribution in [3.63, 3.8) is 0 Å². The van der Waals surface area contributed by atoms with Crippen LogP contribution in [0.2, 0.25) is 0 Å². The molecule has 0 aromatic heterocycles. The van der Waals surface area contributed by atoms with E-state index >= 15 is 0 Å². The van der Waals surface area contributed by atoms with E-state index in [2.05, 4.69) is 0 Å². The van der Waals surface area contributed by atoms with Gasteiger partial charge in [0.2, 0.25) is 5.91 Å². The summed E-state index contributed by atoms with van der Waals surface area (Å²) in [6.45, 7) is 5.22. The van der Waals surface area contributed by atoms with Crippen molar-refractivity contribution >= 4 is 24.0 Å². The average molecular weight is 436 g/mol. The van der Waals surface area contributed by atoms with Crippen molar-refractivity contribution in [2.75, 3.05) is 0 Å². The largest absolute Gasteiger partial charge is 0.459 e. The van der Waals surface area contributed by atoms with Crippen LogP contribution in [0.4, 0.5) is 4.79 Å². The van der Waals surface area contributed by atoms with Gasteiger partial charge < -0.3 is 9.47 Å². The molecule has 0 spiro atoms. The zero-order chi connectivity index (χ0) is 23.1. The maximum absolute atomic E-state index is 13.0. The van der Waals surface area contributed by atoms with Crippen molar-refractivity contribution in [3.8, 4) is 0 Å². The third-order valence-corrected chi connectivity index (χ3v) is 5.02. The highest BCUT2D eigenvalue weighted by molar-refractivity contribution is 6.00. The molecule has 2 amide bonds. The van der Waals surface area contributed by atoms with Crippen LogP contribution in [0.3, 0.4) is 0 Å². The SMILES string of the molecule is CC(C)(C)OC(=O)N1C(=O)[C@H](C/C=C/c2ccccc2)C[C@H]1C(=O)OCc1ccccc1. The topological polar surface area (TPSA) is 72.9 Å². The van der Waals surface area contributed by atoms with Gasteiger partial charge in [0.1, 0.15) is 18.2 Å². The Morgan fingerprint density at radius 1 is 1.03 bits per heavy atom. The average Bonchev–Trinajstić information content (AvgIpc) is 3.09. The van der Waals surface area contributed by atoms with Crippen LogP contribution in [0.25, 0.3) is 6.08 Å². The molecule has 2 aromatic rings. The molecule has 1 saturated heterocycles. The highest BCUT2D eigenvalue weighted by Gasteiger charge is 2.48. The van der Waals surface area contributed by atoms with Crippen LogP contribution in [0.1, 0.15) is 44.7 Å². The first-order chi connectivity index (χ1) is 15.2. The van der Waals surface area contributed by atoms with Crippen molar-refractivity contribution in [2.24, 2.45) is 5.92 Å². The molecule has 0 bridgehead atoms. The molecule has 0 N–H and O–H groups in total. The second-order valence-electron chi connectivity index (χ2n) is 8.78. The van der Waals surface area contributed by atoms with E-state index < -0.39 is 35.5 Å². The van der Waals surface area contributed by atoms with E-state index in [1.165, 1.54) is 0 Å². The van der Waals surface area contributed by atoms with Gasteiger partial charge in [0.05, 0.1) is 0 Å². The van der Waals surface area contributed by atoms with E-state index in [0.717, 1.165) is 16.0 Å². The number of carbonyl (C=O) groups is 3. The Bertz CT molecular complexity index is 963. The standard InChI is InChI=1S/C26H29NO5/c1-26(2,3)32-25(30)27-22(24(29)31-18-20-13-8-5-9-14-20)17-21(23(27)28)16-10-15-19-11-6-4-7-12-19/h4-15,21-22H,16-18H2,1-3H3/b15-10+/t21-,22+/m1/s1. The van der Waals surface area contributed by atoms with Crippen molar-refractivity contribution < 1.29 is 23.9 Å². The number of imide groups is 1. The van der Waals surface area contributed by atoms with Gasteiger partial charge in [-0.2, -0.15) is 0 Å². The molecule has 1 fully saturated rings. The maximum Gasteiger partial charge on any atom is 0.417 e. The van der Waals surface area contributed by atoms with E-state index in [1.54, 1.807) is 20.8 Å².